The Balaban J connectivity index is 1.91. The number of nitro benzene ring substituents is 1. The van der Waals surface area contributed by atoms with E-state index in [1.807, 2.05) is 60.7 Å². The van der Waals surface area contributed by atoms with E-state index in [1.165, 1.54) is 25.3 Å². The van der Waals surface area contributed by atoms with E-state index in [4.69, 9.17) is 10.5 Å². The molecule has 0 unspecified atom stereocenters. The van der Waals surface area contributed by atoms with Crippen LogP contribution in [0.2, 0.25) is 0 Å². The molecule has 164 valence electrons. The molecule has 0 saturated carbocycles. The van der Waals surface area contributed by atoms with Crippen LogP contribution in [0.3, 0.4) is 0 Å². The van der Waals surface area contributed by atoms with Crippen molar-refractivity contribution in [3.8, 4) is 5.75 Å². The molecule has 8 nitrogen and oxygen atoms in total. The average Bonchev–Trinajstić information content (AvgIpc) is 2.80. The summed E-state index contributed by atoms with van der Waals surface area (Å²) >= 11 is 0. The molecule has 0 aliphatic rings. The Morgan fingerprint density at radius 3 is 2.03 bits per heavy atom. The first kappa shape index (κ1) is 22.5. The van der Waals surface area contributed by atoms with Crippen LogP contribution in [0.4, 0.5) is 5.69 Å². The number of rotatable bonds is 9. The predicted molar refractivity (Wildman–Crippen MR) is 119 cm³/mol. The number of nitro groups is 1. The van der Waals surface area contributed by atoms with E-state index in [-0.39, 0.29) is 12.1 Å². The second-order valence-corrected chi connectivity index (χ2v) is 7.18. The molecule has 0 fully saturated rings. The lowest BCUT2D eigenvalue weighted by Gasteiger charge is -2.22. The molecule has 32 heavy (non-hydrogen) atoms. The SMILES string of the molecule is COc1ccc([N+](=O)[O-])cc1C[C@@H](NC(=O)C(c1ccccc1)c1ccccc1)C(N)=O. The van der Waals surface area contributed by atoms with Gasteiger partial charge in [0.15, 0.2) is 0 Å². The zero-order valence-electron chi connectivity index (χ0n) is 17.4. The van der Waals surface area contributed by atoms with Gasteiger partial charge in [-0.3, -0.25) is 19.7 Å². The predicted octanol–water partition coefficient (Wildman–Crippen LogP) is 2.95. The fraction of sp³-hybridized carbons (Fsp3) is 0.167. The van der Waals surface area contributed by atoms with Crippen molar-refractivity contribution in [3.05, 3.63) is 106 Å². The van der Waals surface area contributed by atoms with Gasteiger partial charge in [0.1, 0.15) is 11.8 Å². The molecule has 3 rings (SSSR count). The summed E-state index contributed by atoms with van der Waals surface area (Å²) in [6, 6.07) is 21.3. The number of amides is 2. The van der Waals surface area contributed by atoms with Crippen molar-refractivity contribution in [2.75, 3.05) is 7.11 Å². The van der Waals surface area contributed by atoms with E-state index in [0.717, 1.165) is 11.1 Å². The molecule has 8 heteroatoms. The standard InChI is InChI=1S/C24H23N3O5/c1-32-21-13-12-19(27(30)31)14-18(21)15-20(23(25)28)26-24(29)22(16-8-4-2-5-9-16)17-10-6-3-7-11-17/h2-14,20,22H,15H2,1H3,(H2,25,28)(H,26,29)/t20-/m1/s1. The highest BCUT2D eigenvalue weighted by atomic mass is 16.6. The summed E-state index contributed by atoms with van der Waals surface area (Å²) in [6.45, 7) is 0. The Labute approximate surface area is 185 Å². The van der Waals surface area contributed by atoms with Gasteiger partial charge in [0.25, 0.3) is 5.69 Å². The number of ether oxygens (including phenoxy) is 1. The third-order valence-corrected chi connectivity index (χ3v) is 5.09. The van der Waals surface area contributed by atoms with E-state index in [1.54, 1.807) is 0 Å². The Hall–Kier alpha value is -4.20. The molecular formula is C24H23N3O5. The molecule has 0 spiro atoms. The smallest absolute Gasteiger partial charge is 0.269 e. The minimum atomic E-state index is -1.09. The number of carbonyl (C=O) groups is 2. The molecular weight excluding hydrogens is 410 g/mol. The lowest BCUT2D eigenvalue weighted by Crippen LogP contribution is -2.47. The summed E-state index contributed by atoms with van der Waals surface area (Å²) in [7, 11) is 1.42. The van der Waals surface area contributed by atoms with Crippen LogP contribution in [-0.2, 0) is 16.0 Å². The van der Waals surface area contributed by atoms with Crippen molar-refractivity contribution in [1.29, 1.82) is 0 Å². The number of primary amides is 1. The lowest BCUT2D eigenvalue weighted by molar-refractivity contribution is -0.384. The van der Waals surface area contributed by atoms with Crippen molar-refractivity contribution < 1.29 is 19.2 Å². The van der Waals surface area contributed by atoms with E-state index in [2.05, 4.69) is 5.32 Å². The molecule has 0 radical (unpaired) electrons. The number of nitrogens with one attached hydrogen (secondary N) is 1. The van der Waals surface area contributed by atoms with Gasteiger partial charge in [-0.2, -0.15) is 0 Å². The van der Waals surface area contributed by atoms with Crippen LogP contribution in [0, 0.1) is 10.1 Å². The van der Waals surface area contributed by atoms with Crippen LogP contribution in [0.5, 0.6) is 5.75 Å². The first-order valence-corrected chi connectivity index (χ1v) is 9.91. The van der Waals surface area contributed by atoms with Gasteiger partial charge in [-0.1, -0.05) is 60.7 Å². The van der Waals surface area contributed by atoms with Gasteiger partial charge < -0.3 is 15.8 Å². The molecule has 0 saturated heterocycles. The van der Waals surface area contributed by atoms with Crippen LogP contribution in [0.15, 0.2) is 78.9 Å². The van der Waals surface area contributed by atoms with Gasteiger partial charge in [0.2, 0.25) is 11.8 Å². The number of benzene rings is 3. The molecule has 0 bridgehead atoms. The molecule has 1 atom stereocenters. The van der Waals surface area contributed by atoms with Gasteiger partial charge >= 0.3 is 0 Å². The monoisotopic (exact) mass is 433 g/mol. The summed E-state index contributed by atoms with van der Waals surface area (Å²) in [5.74, 6) is -1.47. The first-order valence-electron chi connectivity index (χ1n) is 9.91. The molecule has 0 aliphatic heterocycles. The number of methoxy groups -OCH3 is 1. The third kappa shape index (κ3) is 5.28. The van der Waals surface area contributed by atoms with E-state index < -0.39 is 28.7 Å². The van der Waals surface area contributed by atoms with Crippen LogP contribution in [-0.4, -0.2) is 29.9 Å². The molecule has 3 aromatic rings. The van der Waals surface area contributed by atoms with Gasteiger partial charge in [0.05, 0.1) is 18.0 Å². The normalized spacial score (nSPS) is 11.6. The zero-order valence-corrected chi connectivity index (χ0v) is 17.4. The van der Waals surface area contributed by atoms with Crippen LogP contribution in [0.1, 0.15) is 22.6 Å². The van der Waals surface area contributed by atoms with Crippen molar-refractivity contribution in [1.82, 2.24) is 5.32 Å². The molecule has 0 heterocycles. The highest BCUT2D eigenvalue weighted by Crippen LogP contribution is 2.27. The second-order valence-electron chi connectivity index (χ2n) is 7.18. The maximum absolute atomic E-state index is 13.3. The highest BCUT2D eigenvalue weighted by Gasteiger charge is 2.28. The summed E-state index contributed by atoms with van der Waals surface area (Å²) in [5.41, 5.74) is 7.32. The number of hydrogen-bond acceptors (Lipinski definition) is 5. The summed E-state index contributed by atoms with van der Waals surface area (Å²) in [5, 5.41) is 13.9. The number of nitrogens with zero attached hydrogens (tertiary/aromatic N) is 1. The van der Waals surface area contributed by atoms with Crippen molar-refractivity contribution in [3.63, 3.8) is 0 Å². The van der Waals surface area contributed by atoms with Gasteiger partial charge in [-0.25, -0.2) is 0 Å². The fourth-order valence-electron chi connectivity index (χ4n) is 3.52. The summed E-state index contributed by atoms with van der Waals surface area (Å²) < 4.78 is 5.26. The lowest BCUT2D eigenvalue weighted by atomic mass is 9.90. The topological polar surface area (TPSA) is 125 Å². The number of non-ortho nitro benzene ring substituents is 1. The maximum Gasteiger partial charge on any atom is 0.269 e. The molecule has 3 N–H and O–H groups in total. The van der Waals surface area contributed by atoms with E-state index in [0.29, 0.717) is 11.3 Å². The Morgan fingerprint density at radius 1 is 1.00 bits per heavy atom. The van der Waals surface area contributed by atoms with Crippen molar-refractivity contribution in [2.24, 2.45) is 5.73 Å². The third-order valence-electron chi connectivity index (χ3n) is 5.09. The molecule has 3 aromatic carbocycles. The second kappa shape index (κ2) is 10.2. The van der Waals surface area contributed by atoms with Crippen molar-refractivity contribution >= 4 is 17.5 Å². The fourth-order valence-corrected chi connectivity index (χ4v) is 3.52. The minimum Gasteiger partial charge on any atom is -0.496 e. The van der Waals surface area contributed by atoms with Gasteiger partial charge in [-0.15, -0.1) is 0 Å². The Morgan fingerprint density at radius 2 is 1.56 bits per heavy atom. The van der Waals surface area contributed by atoms with Gasteiger partial charge in [-0.05, 0) is 17.2 Å². The van der Waals surface area contributed by atoms with Gasteiger partial charge in [0, 0.05) is 24.1 Å². The molecule has 0 aromatic heterocycles. The highest BCUT2D eigenvalue weighted by molar-refractivity contribution is 5.92. The molecule has 0 aliphatic carbocycles. The van der Waals surface area contributed by atoms with Crippen molar-refractivity contribution in [2.45, 2.75) is 18.4 Å². The number of nitrogens with two attached hydrogens (primary N) is 1. The zero-order chi connectivity index (χ0) is 23.1. The van der Waals surface area contributed by atoms with E-state index in [9.17, 15) is 19.7 Å². The summed E-state index contributed by atoms with van der Waals surface area (Å²) in [6.07, 6.45) is -0.0533. The summed E-state index contributed by atoms with van der Waals surface area (Å²) in [4.78, 5) is 36.1. The quantitative estimate of drug-likeness (QED) is 0.396. The minimum absolute atomic E-state index is 0.0533. The molecule has 2 amide bonds. The Bertz CT molecular complexity index is 1060. The Kier molecular flexibility index (Phi) is 7.17. The first-order chi connectivity index (χ1) is 15.4. The number of hydrogen-bond donors (Lipinski definition) is 2. The van der Waals surface area contributed by atoms with Crippen LogP contribution < -0.4 is 15.8 Å². The van der Waals surface area contributed by atoms with E-state index >= 15 is 0 Å². The van der Waals surface area contributed by atoms with Crippen LogP contribution in [0.25, 0.3) is 0 Å². The average molecular weight is 433 g/mol. The largest absolute Gasteiger partial charge is 0.496 e. The number of carbonyl (C=O) groups excluding carboxylic acids is 2. The maximum atomic E-state index is 13.3. The van der Waals surface area contributed by atoms with Crippen LogP contribution >= 0.6 is 0 Å².